The molecule has 1 fully saturated rings. The Morgan fingerprint density at radius 2 is 1.45 bits per heavy atom. The van der Waals surface area contributed by atoms with E-state index in [4.69, 9.17) is 11.6 Å². The molecule has 1 aliphatic heterocycles. The molecule has 3 aromatic rings. The number of hydrogen-bond acceptors (Lipinski definition) is 6. The first-order valence-electron chi connectivity index (χ1n) is 9.39. The van der Waals surface area contributed by atoms with Crippen molar-refractivity contribution in [3.8, 4) is 0 Å². The quantitative estimate of drug-likeness (QED) is 0.361. The van der Waals surface area contributed by atoms with Crippen molar-refractivity contribution in [2.24, 2.45) is 0 Å². The van der Waals surface area contributed by atoms with E-state index in [9.17, 15) is 10.1 Å². The van der Waals surface area contributed by atoms with Gasteiger partial charge in [0.15, 0.2) is 0 Å². The van der Waals surface area contributed by atoms with Gasteiger partial charge in [0.25, 0.3) is 0 Å². The van der Waals surface area contributed by atoms with Crippen LogP contribution in [0.25, 0.3) is 0 Å². The molecule has 148 valence electrons. The summed E-state index contributed by atoms with van der Waals surface area (Å²) in [4.78, 5) is 23.1. The highest BCUT2D eigenvalue weighted by Crippen LogP contribution is 2.34. The van der Waals surface area contributed by atoms with E-state index in [2.05, 4.69) is 39.1 Å². The molecule has 2 heterocycles. The van der Waals surface area contributed by atoms with Crippen LogP contribution in [0.2, 0.25) is 5.15 Å². The Morgan fingerprint density at radius 3 is 1.97 bits per heavy atom. The first-order valence-corrected chi connectivity index (χ1v) is 9.76. The van der Waals surface area contributed by atoms with Crippen LogP contribution in [0.15, 0.2) is 67.0 Å². The minimum absolute atomic E-state index is 0.128. The molecule has 0 N–H and O–H groups in total. The van der Waals surface area contributed by atoms with Crippen LogP contribution in [0.5, 0.6) is 0 Å². The average Bonchev–Trinajstić information content (AvgIpc) is 2.75. The van der Waals surface area contributed by atoms with Crippen LogP contribution >= 0.6 is 11.6 Å². The van der Waals surface area contributed by atoms with Gasteiger partial charge in [-0.05, 0) is 11.1 Å². The van der Waals surface area contributed by atoms with E-state index in [0.29, 0.717) is 13.1 Å². The molecule has 0 unspecified atom stereocenters. The van der Waals surface area contributed by atoms with Crippen molar-refractivity contribution in [1.29, 1.82) is 0 Å². The van der Waals surface area contributed by atoms with Crippen LogP contribution in [0.1, 0.15) is 17.2 Å². The van der Waals surface area contributed by atoms with Gasteiger partial charge in [0.1, 0.15) is 6.33 Å². The highest BCUT2D eigenvalue weighted by atomic mass is 35.5. The lowest BCUT2D eigenvalue weighted by atomic mass is 9.96. The summed E-state index contributed by atoms with van der Waals surface area (Å²) < 4.78 is 0. The summed E-state index contributed by atoms with van der Waals surface area (Å²) in [5.41, 5.74) is 2.22. The third-order valence-corrected chi connectivity index (χ3v) is 5.43. The van der Waals surface area contributed by atoms with Crippen molar-refractivity contribution < 1.29 is 4.92 Å². The molecule has 1 aliphatic rings. The Hall–Kier alpha value is -3.03. The smallest absolute Gasteiger partial charge is 0.348 e. The predicted molar refractivity (Wildman–Crippen MR) is 112 cm³/mol. The standard InChI is InChI=1S/C21H20ClN5O2/c22-20-19(27(28)29)21(24-15-23-20)26-13-11-25(12-14-26)18(16-7-3-1-4-8-16)17-9-5-2-6-10-17/h1-10,15,18H,11-14H2. The summed E-state index contributed by atoms with van der Waals surface area (Å²) in [6.45, 7) is 2.72. The lowest BCUT2D eigenvalue weighted by Crippen LogP contribution is -2.48. The summed E-state index contributed by atoms with van der Waals surface area (Å²) in [6.07, 6.45) is 1.27. The van der Waals surface area contributed by atoms with Crippen LogP contribution in [0, 0.1) is 10.1 Å². The molecule has 0 spiro atoms. The van der Waals surface area contributed by atoms with Crippen LogP contribution in [-0.4, -0.2) is 46.0 Å². The summed E-state index contributed by atoms with van der Waals surface area (Å²) >= 11 is 5.95. The largest absolute Gasteiger partial charge is 0.348 e. The van der Waals surface area contributed by atoms with Crippen molar-refractivity contribution in [2.75, 3.05) is 31.1 Å². The van der Waals surface area contributed by atoms with Gasteiger partial charge in [0.05, 0.1) is 11.0 Å². The van der Waals surface area contributed by atoms with Crippen molar-refractivity contribution in [2.45, 2.75) is 6.04 Å². The molecule has 7 nitrogen and oxygen atoms in total. The Kier molecular flexibility index (Phi) is 5.69. The second-order valence-electron chi connectivity index (χ2n) is 6.84. The predicted octanol–water partition coefficient (Wildman–Crippen LogP) is 3.95. The first-order chi connectivity index (χ1) is 14.1. The number of rotatable bonds is 5. The topological polar surface area (TPSA) is 75.4 Å². The third-order valence-electron chi connectivity index (χ3n) is 5.15. The molecule has 0 bridgehead atoms. The number of benzene rings is 2. The van der Waals surface area contributed by atoms with Gasteiger partial charge in [-0.25, -0.2) is 9.97 Å². The molecule has 0 radical (unpaired) electrons. The maximum atomic E-state index is 11.4. The number of nitrogens with zero attached hydrogens (tertiary/aromatic N) is 5. The molecule has 0 atom stereocenters. The zero-order chi connectivity index (χ0) is 20.2. The van der Waals surface area contributed by atoms with Crippen molar-refractivity contribution >= 4 is 23.1 Å². The number of piperazine rings is 1. The molecular weight excluding hydrogens is 390 g/mol. The second kappa shape index (κ2) is 8.55. The zero-order valence-electron chi connectivity index (χ0n) is 15.7. The van der Waals surface area contributed by atoms with Gasteiger partial charge in [-0.2, -0.15) is 0 Å². The third kappa shape index (κ3) is 4.06. The minimum atomic E-state index is -0.513. The van der Waals surface area contributed by atoms with Crippen molar-refractivity contribution in [3.63, 3.8) is 0 Å². The molecule has 29 heavy (non-hydrogen) atoms. The SMILES string of the molecule is O=[N+]([O-])c1c(Cl)ncnc1N1CCN(C(c2ccccc2)c2ccccc2)CC1. The molecule has 2 aromatic carbocycles. The summed E-state index contributed by atoms with van der Waals surface area (Å²) in [7, 11) is 0. The second-order valence-corrected chi connectivity index (χ2v) is 7.20. The van der Waals surface area contributed by atoms with Gasteiger partial charge in [-0.3, -0.25) is 15.0 Å². The maximum absolute atomic E-state index is 11.4. The number of hydrogen-bond donors (Lipinski definition) is 0. The van der Waals surface area contributed by atoms with Crippen LogP contribution in [-0.2, 0) is 0 Å². The Morgan fingerprint density at radius 1 is 0.897 bits per heavy atom. The fourth-order valence-electron chi connectivity index (χ4n) is 3.81. The summed E-state index contributed by atoms with van der Waals surface area (Å²) in [5, 5.41) is 11.3. The van der Waals surface area contributed by atoms with E-state index in [0.717, 1.165) is 13.1 Å². The molecule has 8 heteroatoms. The van der Waals surface area contributed by atoms with Gasteiger partial charge in [0, 0.05) is 26.2 Å². The van der Waals surface area contributed by atoms with Crippen LogP contribution in [0.4, 0.5) is 11.5 Å². The molecule has 1 saturated heterocycles. The number of anilines is 1. The van der Waals surface area contributed by atoms with E-state index in [1.54, 1.807) is 0 Å². The highest BCUT2D eigenvalue weighted by Gasteiger charge is 2.31. The van der Waals surface area contributed by atoms with E-state index in [-0.39, 0.29) is 22.7 Å². The number of halogens is 1. The number of nitro groups is 1. The van der Waals surface area contributed by atoms with E-state index >= 15 is 0 Å². The van der Waals surface area contributed by atoms with Gasteiger partial charge in [-0.15, -0.1) is 0 Å². The normalized spacial score (nSPS) is 14.9. The Labute approximate surface area is 173 Å². The molecule has 1 aromatic heterocycles. The van der Waals surface area contributed by atoms with Gasteiger partial charge in [0.2, 0.25) is 11.0 Å². The lowest BCUT2D eigenvalue weighted by Gasteiger charge is -2.40. The van der Waals surface area contributed by atoms with E-state index in [1.807, 2.05) is 41.3 Å². The molecule has 0 amide bonds. The fraction of sp³-hybridized carbons (Fsp3) is 0.238. The summed E-state index contributed by atoms with van der Waals surface area (Å²) in [6, 6.07) is 20.9. The Balaban J connectivity index is 1.58. The fourth-order valence-corrected chi connectivity index (χ4v) is 4.01. The molecular formula is C21H20ClN5O2. The van der Waals surface area contributed by atoms with Gasteiger partial charge < -0.3 is 4.90 Å². The van der Waals surface area contributed by atoms with E-state index < -0.39 is 4.92 Å². The minimum Gasteiger partial charge on any atom is -0.348 e. The monoisotopic (exact) mass is 409 g/mol. The van der Waals surface area contributed by atoms with Gasteiger partial charge >= 0.3 is 5.69 Å². The van der Waals surface area contributed by atoms with Gasteiger partial charge in [-0.1, -0.05) is 72.3 Å². The summed E-state index contributed by atoms with van der Waals surface area (Å²) in [5.74, 6) is 0.283. The van der Waals surface area contributed by atoms with Crippen LogP contribution < -0.4 is 4.90 Å². The van der Waals surface area contributed by atoms with Crippen LogP contribution in [0.3, 0.4) is 0 Å². The van der Waals surface area contributed by atoms with Crippen molar-refractivity contribution in [3.05, 3.63) is 93.4 Å². The Bertz CT molecular complexity index is 939. The molecule has 0 saturated carbocycles. The maximum Gasteiger partial charge on any atom is 0.348 e. The number of aromatic nitrogens is 2. The van der Waals surface area contributed by atoms with E-state index in [1.165, 1.54) is 17.5 Å². The van der Waals surface area contributed by atoms with Crippen molar-refractivity contribution in [1.82, 2.24) is 14.9 Å². The lowest BCUT2D eigenvalue weighted by molar-refractivity contribution is -0.384. The highest BCUT2D eigenvalue weighted by molar-refractivity contribution is 6.31. The molecule has 0 aliphatic carbocycles. The zero-order valence-corrected chi connectivity index (χ0v) is 16.4. The molecule has 4 rings (SSSR count). The first kappa shape index (κ1) is 19.3. The average molecular weight is 410 g/mol.